The summed E-state index contributed by atoms with van der Waals surface area (Å²) in [6.07, 6.45) is 0.660. The lowest BCUT2D eigenvalue weighted by Gasteiger charge is -2.32. The van der Waals surface area contributed by atoms with Crippen molar-refractivity contribution in [2.75, 3.05) is 18.4 Å². The van der Waals surface area contributed by atoms with E-state index in [1.807, 2.05) is 18.7 Å². The molecule has 0 radical (unpaired) electrons. The number of imide groups is 1. The van der Waals surface area contributed by atoms with E-state index in [9.17, 15) is 9.59 Å². The highest BCUT2D eigenvalue weighted by Gasteiger charge is 2.33. The van der Waals surface area contributed by atoms with Crippen molar-refractivity contribution in [2.24, 2.45) is 0 Å². The minimum atomic E-state index is -0.283. The van der Waals surface area contributed by atoms with Gasteiger partial charge in [-0.2, -0.15) is 0 Å². The predicted octanol–water partition coefficient (Wildman–Crippen LogP) is 0.207. The van der Waals surface area contributed by atoms with Crippen LogP contribution in [0.15, 0.2) is 0 Å². The Kier molecular flexibility index (Phi) is 4.43. The third-order valence-electron chi connectivity index (χ3n) is 2.99. The minimum Gasteiger partial charge on any atom is -0.374 e. The Balaban J connectivity index is 2.13. The molecule has 2 amide bonds. The number of hydrogen-bond acceptors (Lipinski definition) is 7. The van der Waals surface area contributed by atoms with E-state index >= 15 is 0 Å². The van der Waals surface area contributed by atoms with Gasteiger partial charge in [0.15, 0.2) is 0 Å². The van der Waals surface area contributed by atoms with Crippen LogP contribution in [0.1, 0.15) is 26.0 Å². The van der Waals surface area contributed by atoms with E-state index in [1.54, 1.807) is 0 Å². The second-order valence-corrected chi connectivity index (χ2v) is 5.07. The molecule has 0 aliphatic carbocycles. The molecule has 0 bridgehead atoms. The van der Waals surface area contributed by atoms with E-state index < -0.39 is 0 Å². The summed E-state index contributed by atoms with van der Waals surface area (Å²) in [5.74, 6) is -0.491. The molecule has 2 N–H and O–H groups in total. The first-order chi connectivity index (χ1) is 9.15. The highest BCUT2D eigenvalue weighted by Crippen LogP contribution is 2.21. The Hall–Kier alpha value is -1.54. The summed E-state index contributed by atoms with van der Waals surface area (Å²) in [5.41, 5.74) is 0.785. The summed E-state index contributed by atoms with van der Waals surface area (Å²) < 4.78 is 3.91. The van der Waals surface area contributed by atoms with Gasteiger partial charge in [-0.05, 0) is 13.3 Å². The van der Waals surface area contributed by atoms with Crippen molar-refractivity contribution >= 4 is 28.3 Å². The summed E-state index contributed by atoms with van der Waals surface area (Å²) in [6.45, 7) is 5.38. The van der Waals surface area contributed by atoms with Gasteiger partial charge in [-0.3, -0.25) is 19.8 Å². The number of piperazine rings is 1. The van der Waals surface area contributed by atoms with Gasteiger partial charge in [0.1, 0.15) is 10.7 Å². The summed E-state index contributed by atoms with van der Waals surface area (Å²) >= 11 is 1.29. The van der Waals surface area contributed by atoms with E-state index in [-0.39, 0.29) is 24.4 Å². The Labute approximate surface area is 115 Å². The first-order valence-corrected chi connectivity index (χ1v) is 7.05. The lowest BCUT2D eigenvalue weighted by atomic mass is 10.1. The minimum absolute atomic E-state index is 0.216. The van der Waals surface area contributed by atoms with Crippen molar-refractivity contribution in [1.29, 1.82) is 0 Å². The third kappa shape index (κ3) is 3.07. The van der Waals surface area contributed by atoms with E-state index in [0.717, 1.165) is 17.2 Å². The Bertz CT molecular complexity index is 475. The summed E-state index contributed by atoms with van der Waals surface area (Å²) in [5, 5.41) is 10.5. The molecular weight excluding hydrogens is 266 g/mol. The molecule has 7 nitrogen and oxygen atoms in total. The molecule has 1 aliphatic heterocycles. The Morgan fingerprint density at radius 1 is 1.47 bits per heavy atom. The molecule has 0 saturated carbocycles. The first-order valence-electron chi connectivity index (χ1n) is 6.28. The third-order valence-corrected chi connectivity index (χ3v) is 3.71. The molecule has 8 heteroatoms. The van der Waals surface area contributed by atoms with Crippen molar-refractivity contribution in [2.45, 2.75) is 32.9 Å². The zero-order chi connectivity index (χ0) is 13.8. The van der Waals surface area contributed by atoms with Crippen LogP contribution in [0, 0.1) is 0 Å². The van der Waals surface area contributed by atoms with Gasteiger partial charge in [0.25, 0.3) is 0 Å². The van der Waals surface area contributed by atoms with Crippen molar-refractivity contribution in [3.63, 3.8) is 0 Å². The fourth-order valence-corrected chi connectivity index (χ4v) is 2.77. The molecule has 1 aliphatic rings. The van der Waals surface area contributed by atoms with Crippen LogP contribution in [0.25, 0.3) is 0 Å². The number of amides is 2. The molecule has 1 aromatic rings. The second-order valence-electron chi connectivity index (χ2n) is 4.32. The predicted molar refractivity (Wildman–Crippen MR) is 71.7 cm³/mol. The number of nitrogens with one attached hydrogen (secondary N) is 2. The Morgan fingerprint density at radius 2 is 2.26 bits per heavy atom. The number of anilines is 1. The second kappa shape index (κ2) is 6.07. The topological polar surface area (TPSA) is 87.2 Å². The van der Waals surface area contributed by atoms with Gasteiger partial charge < -0.3 is 5.32 Å². The molecule has 1 atom stereocenters. The molecular formula is C11H17N5O2S. The maximum Gasteiger partial charge on any atom is 0.243 e. The molecule has 0 spiro atoms. The van der Waals surface area contributed by atoms with E-state index in [1.165, 1.54) is 11.5 Å². The zero-order valence-electron chi connectivity index (χ0n) is 11.0. The van der Waals surface area contributed by atoms with E-state index in [2.05, 4.69) is 20.2 Å². The number of nitrogens with zero attached hydrogens (tertiary/aromatic N) is 3. The molecule has 1 unspecified atom stereocenters. The largest absolute Gasteiger partial charge is 0.374 e. The highest BCUT2D eigenvalue weighted by molar-refractivity contribution is 7.10. The summed E-state index contributed by atoms with van der Waals surface area (Å²) in [6, 6.07) is -0.283. The average Bonchev–Trinajstić information content (AvgIpc) is 2.77. The van der Waals surface area contributed by atoms with Gasteiger partial charge >= 0.3 is 0 Å². The van der Waals surface area contributed by atoms with Crippen LogP contribution in [-0.2, 0) is 16.1 Å². The lowest BCUT2D eigenvalue weighted by molar-refractivity contribution is -0.140. The van der Waals surface area contributed by atoms with Gasteiger partial charge in [-0.25, -0.2) is 0 Å². The standard InChI is InChI=1S/C11H17N5O2S/c1-3-8-10(18)13-9(17)6-16(8)5-7-11(12-4-2)19-15-14-7/h8,12H,3-6H2,1-2H3,(H,13,17,18). The van der Waals surface area contributed by atoms with Crippen molar-refractivity contribution < 1.29 is 9.59 Å². The SMILES string of the molecule is CCNc1snnc1CN1CC(=O)NC(=O)C1CC. The maximum atomic E-state index is 11.8. The molecule has 1 aromatic heterocycles. The van der Waals surface area contributed by atoms with Crippen molar-refractivity contribution in [1.82, 2.24) is 19.8 Å². The van der Waals surface area contributed by atoms with Crippen molar-refractivity contribution in [3.8, 4) is 0 Å². The van der Waals surface area contributed by atoms with Gasteiger partial charge in [0, 0.05) is 24.6 Å². The summed E-state index contributed by atoms with van der Waals surface area (Å²) in [4.78, 5) is 25.1. The van der Waals surface area contributed by atoms with Crippen LogP contribution in [0.2, 0.25) is 0 Å². The quantitative estimate of drug-likeness (QED) is 0.751. The molecule has 1 fully saturated rings. The number of hydrogen-bond donors (Lipinski definition) is 2. The Morgan fingerprint density at radius 3 is 2.95 bits per heavy atom. The monoisotopic (exact) mass is 283 g/mol. The molecule has 0 aromatic carbocycles. The number of rotatable bonds is 5. The summed E-state index contributed by atoms with van der Waals surface area (Å²) in [7, 11) is 0. The van der Waals surface area contributed by atoms with Crippen LogP contribution in [0.4, 0.5) is 5.00 Å². The maximum absolute atomic E-state index is 11.8. The van der Waals surface area contributed by atoms with Crippen LogP contribution >= 0.6 is 11.5 Å². The fraction of sp³-hybridized carbons (Fsp3) is 0.636. The molecule has 104 valence electrons. The fourth-order valence-electron chi connectivity index (χ4n) is 2.13. The van der Waals surface area contributed by atoms with E-state index in [0.29, 0.717) is 13.0 Å². The normalized spacial score (nSPS) is 20.4. The van der Waals surface area contributed by atoms with Crippen LogP contribution < -0.4 is 10.6 Å². The van der Waals surface area contributed by atoms with Gasteiger partial charge in [-0.1, -0.05) is 11.4 Å². The first kappa shape index (κ1) is 13.9. The van der Waals surface area contributed by atoms with E-state index in [4.69, 9.17) is 0 Å². The molecule has 2 heterocycles. The number of aromatic nitrogens is 2. The zero-order valence-corrected chi connectivity index (χ0v) is 11.8. The average molecular weight is 283 g/mol. The van der Waals surface area contributed by atoms with Crippen LogP contribution in [0.3, 0.4) is 0 Å². The molecule has 1 saturated heterocycles. The molecule has 19 heavy (non-hydrogen) atoms. The smallest absolute Gasteiger partial charge is 0.243 e. The highest BCUT2D eigenvalue weighted by atomic mass is 32.1. The van der Waals surface area contributed by atoms with Crippen LogP contribution in [-0.4, -0.2) is 45.4 Å². The number of carbonyl (C=O) groups is 2. The number of carbonyl (C=O) groups excluding carboxylic acids is 2. The van der Waals surface area contributed by atoms with Gasteiger partial charge in [0.2, 0.25) is 11.8 Å². The molecule has 2 rings (SSSR count). The lowest BCUT2D eigenvalue weighted by Crippen LogP contribution is -2.57. The van der Waals surface area contributed by atoms with Crippen LogP contribution in [0.5, 0.6) is 0 Å². The van der Waals surface area contributed by atoms with Gasteiger partial charge in [0.05, 0.1) is 12.6 Å². The van der Waals surface area contributed by atoms with Crippen molar-refractivity contribution in [3.05, 3.63) is 5.69 Å². The van der Waals surface area contributed by atoms with Gasteiger partial charge in [-0.15, -0.1) is 5.10 Å².